The summed E-state index contributed by atoms with van der Waals surface area (Å²) < 4.78 is 4.88. The molecule has 18 heavy (non-hydrogen) atoms. The Morgan fingerprint density at radius 1 is 1.39 bits per heavy atom. The summed E-state index contributed by atoms with van der Waals surface area (Å²) in [4.78, 5) is 12.0. The second-order valence-electron chi connectivity index (χ2n) is 3.70. The maximum Gasteiger partial charge on any atom is 0.260 e. The third-order valence-electron chi connectivity index (χ3n) is 2.60. The third-order valence-corrected chi connectivity index (χ3v) is 2.89. The summed E-state index contributed by atoms with van der Waals surface area (Å²) in [6.07, 6.45) is 3.03. The van der Waals surface area contributed by atoms with Gasteiger partial charge in [0.1, 0.15) is 0 Å². The fourth-order valence-corrected chi connectivity index (χ4v) is 1.92. The van der Waals surface area contributed by atoms with Gasteiger partial charge in [-0.05, 0) is 29.8 Å². The van der Waals surface area contributed by atoms with Crippen LogP contribution < -0.4 is 5.32 Å². The molecule has 0 saturated heterocycles. The second-order valence-corrected chi connectivity index (χ2v) is 4.04. The topological polar surface area (TPSA) is 70.9 Å². The van der Waals surface area contributed by atoms with Crippen LogP contribution in [0.25, 0.3) is 10.9 Å². The molecule has 2 aromatic heterocycles. The molecular formula is C12H8ClN3O2. The lowest BCUT2D eigenvalue weighted by atomic mass is 10.2. The Balaban J connectivity index is 1.95. The largest absolute Gasteiger partial charge is 0.452 e. The summed E-state index contributed by atoms with van der Waals surface area (Å²) >= 11 is 5.75. The Labute approximate surface area is 107 Å². The molecule has 0 spiro atoms. The standard InChI is InChI=1S/C12H8ClN3O2/c13-11-7(4-5-18-11)12(17)15-9-2-1-3-10-8(9)6-14-16-10/h1-6H,(H,14,16)(H,15,17). The molecule has 6 heteroatoms. The van der Waals surface area contributed by atoms with E-state index in [4.69, 9.17) is 16.0 Å². The molecule has 0 radical (unpaired) electrons. The minimum absolute atomic E-state index is 0.0758. The van der Waals surface area contributed by atoms with E-state index < -0.39 is 0 Å². The van der Waals surface area contributed by atoms with Gasteiger partial charge in [-0.1, -0.05) is 6.07 Å². The van der Waals surface area contributed by atoms with Crippen LogP contribution in [0.1, 0.15) is 10.4 Å². The number of rotatable bonds is 2. The van der Waals surface area contributed by atoms with Gasteiger partial charge in [-0.15, -0.1) is 0 Å². The predicted molar refractivity (Wildman–Crippen MR) is 67.8 cm³/mol. The van der Waals surface area contributed by atoms with Crippen LogP contribution in [0.2, 0.25) is 5.22 Å². The van der Waals surface area contributed by atoms with E-state index in [1.54, 1.807) is 12.3 Å². The molecule has 2 heterocycles. The van der Waals surface area contributed by atoms with E-state index in [1.807, 2.05) is 12.1 Å². The number of halogens is 1. The Morgan fingerprint density at radius 2 is 2.28 bits per heavy atom. The molecule has 2 N–H and O–H groups in total. The van der Waals surface area contributed by atoms with Crippen LogP contribution in [0.4, 0.5) is 5.69 Å². The quantitative estimate of drug-likeness (QED) is 0.745. The smallest absolute Gasteiger partial charge is 0.260 e. The van der Waals surface area contributed by atoms with Gasteiger partial charge in [0.05, 0.1) is 29.2 Å². The summed E-state index contributed by atoms with van der Waals surface area (Å²) in [5.74, 6) is -0.317. The van der Waals surface area contributed by atoms with Gasteiger partial charge in [0.15, 0.2) is 0 Å². The van der Waals surface area contributed by atoms with Crippen molar-refractivity contribution in [3.8, 4) is 0 Å². The second kappa shape index (κ2) is 4.19. The first kappa shape index (κ1) is 10.9. The molecule has 1 amide bonds. The number of fused-ring (bicyclic) bond motifs is 1. The highest BCUT2D eigenvalue weighted by atomic mass is 35.5. The molecule has 0 unspecified atom stereocenters. The first-order valence-electron chi connectivity index (χ1n) is 5.22. The number of anilines is 1. The summed E-state index contributed by atoms with van der Waals surface area (Å²) in [6, 6.07) is 7.02. The summed E-state index contributed by atoms with van der Waals surface area (Å²) in [5, 5.41) is 10.4. The minimum Gasteiger partial charge on any atom is -0.452 e. The molecular weight excluding hydrogens is 254 g/mol. The van der Waals surface area contributed by atoms with Gasteiger partial charge in [-0.25, -0.2) is 0 Å². The van der Waals surface area contributed by atoms with Crippen molar-refractivity contribution >= 4 is 34.1 Å². The number of benzene rings is 1. The van der Waals surface area contributed by atoms with Crippen LogP contribution in [0.3, 0.4) is 0 Å². The first-order chi connectivity index (χ1) is 8.75. The zero-order valence-electron chi connectivity index (χ0n) is 9.11. The molecule has 5 nitrogen and oxygen atoms in total. The maximum absolute atomic E-state index is 12.0. The van der Waals surface area contributed by atoms with E-state index in [0.717, 1.165) is 10.9 Å². The van der Waals surface area contributed by atoms with E-state index in [0.29, 0.717) is 11.3 Å². The van der Waals surface area contributed by atoms with Crippen LogP contribution in [0.15, 0.2) is 41.1 Å². The lowest BCUT2D eigenvalue weighted by Crippen LogP contribution is -2.11. The summed E-state index contributed by atoms with van der Waals surface area (Å²) in [5.41, 5.74) is 1.83. The molecule has 0 aliphatic carbocycles. The Hall–Kier alpha value is -2.27. The highest BCUT2D eigenvalue weighted by molar-refractivity contribution is 6.32. The molecule has 1 aromatic carbocycles. The number of nitrogens with one attached hydrogen (secondary N) is 2. The molecule has 0 fully saturated rings. The van der Waals surface area contributed by atoms with E-state index >= 15 is 0 Å². The van der Waals surface area contributed by atoms with Crippen LogP contribution in [-0.4, -0.2) is 16.1 Å². The SMILES string of the molecule is O=C(Nc1cccc2[nH]ncc12)c1ccoc1Cl. The van der Waals surface area contributed by atoms with Crippen molar-refractivity contribution in [2.45, 2.75) is 0 Å². The van der Waals surface area contributed by atoms with Crippen molar-refractivity contribution in [2.24, 2.45) is 0 Å². The highest BCUT2D eigenvalue weighted by Crippen LogP contribution is 2.23. The van der Waals surface area contributed by atoms with Gasteiger partial charge in [-0.2, -0.15) is 5.10 Å². The lowest BCUT2D eigenvalue weighted by Gasteiger charge is -2.04. The van der Waals surface area contributed by atoms with Crippen molar-refractivity contribution in [3.05, 3.63) is 47.5 Å². The molecule has 0 aliphatic heterocycles. The Morgan fingerprint density at radius 3 is 3.06 bits per heavy atom. The normalized spacial score (nSPS) is 10.7. The van der Waals surface area contributed by atoms with Crippen LogP contribution in [0.5, 0.6) is 0 Å². The maximum atomic E-state index is 12.0. The monoisotopic (exact) mass is 261 g/mol. The average molecular weight is 262 g/mol. The first-order valence-corrected chi connectivity index (χ1v) is 5.60. The molecule has 3 aromatic rings. The van der Waals surface area contributed by atoms with Gasteiger partial charge >= 0.3 is 0 Å². The van der Waals surface area contributed by atoms with Crippen LogP contribution in [0, 0.1) is 0 Å². The number of aromatic amines is 1. The fourth-order valence-electron chi connectivity index (χ4n) is 1.72. The van der Waals surface area contributed by atoms with Gasteiger partial charge in [0.2, 0.25) is 5.22 Å². The number of carbonyl (C=O) groups is 1. The molecule has 0 atom stereocenters. The average Bonchev–Trinajstić information content (AvgIpc) is 2.97. The molecule has 90 valence electrons. The number of H-pyrrole nitrogens is 1. The van der Waals surface area contributed by atoms with Gasteiger partial charge in [-0.3, -0.25) is 9.89 Å². The fraction of sp³-hybridized carbons (Fsp3) is 0. The van der Waals surface area contributed by atoms with Crippen molar-refractivity contribution in [1.29, 1.82) is 0 Å². The van der Waals surface area contributed by atoms with Crippen molar-refractivity contribution in [1.82, 2.24) is 10.2 Å². The Kier molecular flexibility index (Phi) is 2.53. The van der Waals surface area contributed by atoms with Crippen LogP contribution >= 0.6 is 11.6 Å². The Bertz CT molecular complexity index is 717. The number of aromatic nitrogens is 2. The van der Waals surface area contributed by atoms with E-state index in [-0.39, 0.29) is 11.1 Å². The number of hydrogen-bond acceptors (Lipinski definition) is 3. The number of nitrogens with zero attached hydrogens (tertiary/aromatic N) is 1. The molecule has 0 bridgehead atoms. The molecule has 0 saturated carbocycles. The number of carbonyl (C=O) groups excluding carboxylic acids is 1. The van der Waals surface area contributed by atoms with Gasteiger partial charge in [0.25, 0.3) is 5.91 Å². The number of hydrogen-bond donors (Lipinski definition) is 2. The zero-order chi connectivity index (χ0) is 12.5. The van der Waals surface area contributed by atoms with Gasteiger partial charge < -0.3 is 9.73 Å². The van der Waals surface area contributed by atoms with Gasteiger partial charge in [0, 0.05) is 5.39 Å². The zero-order valence-corrected chi connectivity index (χ0v) is 9.86. The summed E-state index contributed by atoms with van der Waals surface area (Å²) in [6.45, 7) is 0. The van der Waals surface area contributed by atoms with Crippen LogP contribution in [-0.2, 0) is 0 Å². The van der Waals surface area contributed by atoms with Crippen molar-refractivity contribution in [2.75, 3.05) is 5.32 Å². The minimum atomic E-state index is -0.317. The predicted octanol–water partition coefficient (Wildman–Crippen LogP) is 3.06. The van der Waals surface area contributed by atoms with E-state index in [9.17, 15) is 4.79 Å². The number of furan rings is 1. The molecule has 3 rings (SSSR count). The lowest BCUT2D eigenvalue weighted by molar-refractivity contribution is 0.102. The van der Waals surface area contributed by atoms with E-state index in [2.05, 4.69) is 15.5 Å². The number of amides is 1. The van der Waals surface area contributed by atoms with Crippen molar-refractivity contribution in [3.63, 3.8) is 0 Å². The highest BCUT2D eigenvalue weighted by Gasteiger charge is 2.14. The third kappa shape index (κ3) is 1.74. The summed E-state index contributed by atoms with van der Waals surface area (Å²) in [7, 11) is 0. The van der Waals surface area contributed by atoms with Crippen molar-refractivity contribution < 1.29 is 9.21 Å². The van der Waals surface area contributed by atoms with E-state index in [1.165, 1.54) is 12.3 Å². The molecule has 0 aliphatic rings.